The van der Waals surface area contributed by atoms with Crippen molar-refractivity contribution >= 4 is 5.97 Å². The minimum absolute atomic E-state index is 0.139. The Kier molecular flexibility index (Phi) is 3.29. The summed E-state index contributed by atoms with van der Waals surface area (Å²) in [6, 6.07) is 0.139. The minimum Gasteiger partial charge on any atom is -0.481 e. The molecular formula is C12H21NO2. The van der Waals surface area contributed by atoms with Gasteiger partial charge in [-0.05, 0) is 31.7 Å². The summed E-state index contributed by atoms with van der Waals surface area (Å²) in [7, 11) is 0. The maximum absolute atomic E-state index is 11.1. The lowest BCUT2D eigenvalue weighted by molar-refractivity contribution is -0.144. The molecule has 2 fully saturated rings. The zero-order valence-electron chi connectivity index (χ0n) is 9.41. The van der Waals surface area contributed by atoms with Crippen LogP contribution in [0.3, 0.4) is 0 Å². The predicted molar refractivity (Wildman–Crippen MR) is 58.7 cm³/mol. The maximum Gasteiger partial charge on any atom is 0.308 e. The molecule has 0 aromatic heterocycles. The van der Waals surface area contributed by atoms with Gasteiger partial charge < -0.3 is 10.4 Å². The fourth-order valence-corrected chi connectivity index (χ4v) is 3.20. The van der Waals surface area contributed by atoms with Crippen LogP contribution in [0.25, 0.3) is 0 Å². The van der Waals surface area contributed by atoms with Crippen molar-refractivity contribution in [2.75, 3.05) is 6.54 Å². The third-order valence-corrected chi connectivity index (χ3v) is 4.25. The summed E-state index contributed by atoms with van der Waals surface area (Å²) in [5, 5.41) is 12.5. The Balaban J connectivity index is 1.95. The zero-order chi connectivity index (χ0) is 10.8. The Labute approximate surface area is 91.2 Å². The molecule has 0 amide bonds. The van der Waals surface area contributed by atoms with Crippen LogP contribution < -0.4 is 5.32 Å². The van der Waals surface area contributed by atoms with Crippen molar-refractivity contribution in [1.29, 1.82) is 0 Å². The molecule has 2 N–H and O–H groups in total. The number of aliphatic carboxylic acids is 1. The number of carboxylic acids is 1. The van der Waals surface area contributed by atoms with Crippen LogP contribution in [0.5, 0.6) is 0 Å². The van der Waals surface area contributed by atoms with E-state index in [9.17, 15) is 4.79 Å². The Morgan fingerprint density at radius 1 is 1.27 bits per heavy atom. The van der Waals surface area contributed by atoms with Gasteiger partial charge in [0.15, 0.2) is 0 Å². The summed E-state index contributed by atoms with van der Waals surface area (Å²) in [6.45, 7) is 3.01. The Morgan fingerprint density at radius 2 is 1.93 bits per heavy atom. The van der Waals surface area contributed by atoms with Gasteiger partial charge in [-0.15, -0.1) is 0 Å². The smallest absolute Gasteiger partial charge is 0.308 e. The monoisotopic (exact) mass is 211 g/mol. The van der Waals surface area contributed by atoms with Crippen LogP contribution in [0.1, 0.15) is 39.0 Å². The minimum atomic E-state index is -0.627. The van der Waals surface area contributed by atoms with Gasteiger partial charge in [-0.3, -0.25) is 4.79 Å². The molecule has 1 saturated heterocycles. The molecule has 86 valence electrons. The molecule has 3 nitrogen and oxygen atoms in total. The molecule has 15 heavy (non-hydrogen) atoms. The van der Waals surface area contributed by atoms with Crippen molar-refractivity contribution in [3.05, 3.63) is 0 Å². The van der Waals surface area contributed by atoms with E-state index < -0.39 is 5.97 Å². The van der Waals surface area contributed by atoms with Gasteiger partial charge >= 0.3 is 5.97 Å². The summed E-state index contributed by atoms with van der Waals surface area (Å²) in [5.41, 5.74) is 0. The van der Waals surface area contributed by atoms with Crippen LogP contribution in [0.2, 0.25) is 0 Å². The first-order chi connectivity index (χ1) is 7.18. The number of piperidine rings is 1. The van der Waals surface area contributed by atoms with E-state index in [-0.39, 0.29) is 12.0 Å². The van der Waals surface area contributed by atoms with E-state index in [0.29, 0.717) is 5.92 Å². The molecule has 2 rings (SSSR count). The molecule has 3 heteroatoms. The molecule has 1 aliphatic carbocycles. The third kappa shape index (κ3) is 2.33. The van der Waals surface area contributed by atoms with Gasteiger partial charge in [0.2, 0.25) is 0 Å². The number of hydrogen-bond acceptors (Lipinski definition) is 2. The molecule has 0 aromatic carbocycles. The van der Waals surface area contributed by atoms with Crippen LogP contribution in [0, 0.1) is 17.8 Å². The first-order valence-corrected chi connectivity index (χ1v) is 6.14. The van der Waals surface area contributed by atoms with Crippen molar-refractivity contribution in [1.82, 2.24) is 5.32 Å². The Morgan fingerprint density at radius 3 is 2.53 bits per heavy atom. The second kappa shape index (κ2) is 4.52. The molecule has 0 radical (unpaired) electrons. The molecule has 1 saturated carbocycles. The van der Waals surface area contributed by atoms with E-state index in [1.807, 2.05) is 6.92 Å². The fraction of sp³-hybridized carbons (Fsp3) is 0.917. The second-order valence-electron chi connectivity index (χ2n) is 5.18. The highest BCUT2D eigenvalue weighted by Gasteiger charge is 2.36. The average molecular weight is 211 g/mol. The number of nitrogens with one attached hydrogen (secondary N) is 1. The molecule has 2 aliphatic rings. The van der Waals surface area contributed by atoms with E-state index in [4.69, 9.17) is 5.11 Å². The van der Waals surface area contributed by atoms with E-state index in [2.05, 4.69) is 5.32 Å². The van der Waals surface area contributed by atoms with Crippen LogP contribution in [0.4, 0.5) is 0 Å². The molecule has 1 aliphatic heterocycles. The summed E-state index contributed by atoms with van der Waals surface area (Å²) in [5.74, 6) is 0.582. The van der Waals surface area contributed by atoms with Crippen molar-refractivity contribution in [2.24, 2.45) is 17.8 Å². The molecule has 3 atom stereocenters. The lowest BCUT2D eigenvalue weighted by atomic mass is 9.78. The molecule has 0 bridgehead atoms. The number of hydrogen-bond donors (Lipinski definition) is 2. The fourth-order valence-electron chi connectivity index (χ4n) is 3.20. The predicted octanol–water partition coefficient (Wildman–Crippen LogP) is 1.88. The normalized spacial score (nSPS) is 38.1. The SMILES string of the molecule is CC1NCC(C2CCCC2)CC1C(=O)O. The van der Waals surface area contributed by atoms with Gasteiger partial charge in [0.05, 0.1) is 5.92 Å². The van der Waals surface area contributed by atoms with E-state index in [1.165, 1.54) is 25.7 Å². The van der Waals surface area contributed by atoms with Gasteiger partial charge in [0.25, 0.3) is 0 Å². The number of carbonyl (C=O) groups is 1. The summed E-state index contributed by atoms with van der Waals surface area (Å²) in [6.07, 6.45) is 6.19. The van der Waals surface area contributed by atoms with Gasteiger partial charge in [-0.1, -0.05) is 25.7 Å². The van der Waals surface area contributed by atoms with Gasteiger partial charge in [0, 0.05) is 6.04 Å². The molecule has 1 heterocycles. The van der Waals surface area contributed by atoms with E-state index in [0.717, 1.165) is 18.9 Å². The number of rotatable bonds is 2. The van der Waals surface area contributed by atoms with E-state index >= 15 is 0 Å². The van der Waals surface area contributed by atoms with Crippen molar-refractivity contribution in [3.63, 3.8) is 0 Å². The Bertz CT molecular complexity index is 236. The van der Waals surface area contributed by atoms with Gasteiger partial charge in [0.1, 0.15) is 0 Å². The van der Waals surface area contributed by atoms with Crippen molar-refractivity contribution < 1.29 is 9.90 Å². The highest BCUT2D eigenvalue weighted by Crippen LogP contribution is 2.36. The zero-order valence-corrected chi connectivity index (χ0v) is 9.41. The lowest BCUT2D eigenvalue weighted by Gasteiger charge is -2.35. The van der Waals surface area contributed by atoms with E-state index in [1.54, 1.807) is 0 Å². The molecule has 0 aromatic rings. The number of carboxylic acid groups (broad SMARTS) is 1. The molecular weight excluding hydrogens is 190 g/mol. The first-order valence-electron chi connectivity index (χ1n) is 6.14. The standard InChI is InChI=1S/C12H21NO2/c1-8-11(12(14)15)6-10(7-13-8)9-4-2-3-5-9/h8-11,13H,2-7H2,1H3,(H,14,15). The highest BCUT2D eigenvalue weighted by molar-refractivity contribution is 5.71. The van der Waals surface area contributed by atoms with Crippen LogP contribution in [-0.2, 0) is 4.79 Å². The Hall–Kier alpha value is -0.570. The highest BCUT2D eigenvalue weighted by atomic mass is 16.4. The van der Waals surface area contributed by atoms with Crippen LogP contribution in [-0.4, -0.2) is 23.7 Å². The lowest BCUT2D eigenvalue weighted by Crippen LogP contribution is -2.48. The topological polar surface area (TPSA) is 49.3 Å². The molecule has 0 spiro atoms. The summed E-state index contributed by atoms with van der Waals surface area (Å²) in [4.78, 5) is 11.1. The third-order valence-electron chi connectivity index (χ3n) is 4.25. The van der Waals surface area contributed by atoms with Crippen LogP contribution in [0.15, 0.2) is 0 Å². The van der Waals surface area contributed by atoms with Gasteiger partial charge in [-0.25, -0.2) is 0 Å². The largest absolute Gasteiger partial charge is 0.481 e. The van der Waals surface area contributed by atoms with Crippen molar-refractivity contribution in [2.45, 2.75) is 45.1 Å². The summed E-state index contributed by atoms with van der Waals surface area (Å²) < 4.78 is 0. The summed E-state index contributed by atoms with van der Waals surface area (Å²) >= 11 is 0. The van der Waals surface area contributed by atoms with Crippen molar-refractivity contribution in [3.8, 4) is 0 Å². The molecule has 3 unspecified atom stereocenters. The first kappa shape index (κ1) is 10.9. The average Bonchev–Trinajstić information content (AvgIpc) is 2.71. The second-order valence-corrected chi connectivity index (χ2v) is 5.18. The maximum atomic E-state index is 11.1. The van der Waals surface area contributed by atoms with Crippen LogP contribution >= 0.6 is 0 Å². The van der Waals surface area contributed by atoms with Gasteiger partial charge in [-0.2, -0.15) is 0 Å². The quantitative estimate of drug-likeness (QED) is 0.733.